The van der Waals surface area contributed by atoms with E-state index in [-0.39, 0.29) is 19.0 Å². The molecule has 1 aromatic carbocycles. The lowest BCUT2D eigenvalue weighted by Gasteiger charge is -2.43. The largest absolute Gasteiger partial charge is 0.442 e. The number of nitrogens with one attached hydrogen (secondary N) is 2. The number of amides is 3. The molecule has 16 heteroatoms. The van der Waals surface area contributed by atoms with Gasteiger partial charge in [0.1, 0.15) is 18.1 Å². The van der Waals surface area contributed by atoms with Gasteiger partial charge in [-0.2, -0.15) is 0 Å². The maximum absolute atomic E-state index is 15.1. The van der Waals surface area contributed by atoms with Crippen LogP contribution < -0.4 is 20.4 Å². The van der Waals surface area contributed by atoms with E-state index in [4.69, 9.17) is 39.5 Å². The molecule has 36 heavy (non-hydrogen) atoms. The highest BCUT2D eigenvalue weighted by atomic mass is 80.0. The summed E-state index contributed by atoms with van der Waals surface area (Å²) in [7, 11) is 0. The molecule has 200 valence electrons. The first kappa shape index (κ1) is 30.0. The van der Waals surface area contributed by atoms with Crippen molar-refractivity contribution in [1.82, 2.24) is 15.5 Å². The van der Waals surface area contributed by atoms with Crippen LogP contribution in [-0.4, -0.2) is 80.3 Å². The van der Waals surface area contributed by atoms with Crippen molar-refractivity contribution in [2.45, 2.75) is 25.1 Å². The highest BCUT2D eigenvalue weighted by Crippen LogP contribution is 2.40. The van der Waals surface area contributed by atoms with Gasteiger partial charge in [-0.3, -0.25) is 19.4 Å². The molecule has 0 radical (unpaired) electrons. The standard InChI is InChI=1S/C20H22Br3Cl3FN5O4/c1-11(33)28-9-13-10-32(18(35)36-13)12-2-3-15(14(27)8-12)30-4-6-31(7-5-30)16(19(21,22)23)29-17(34)20(24,25)26/h2-3,8,13,16H,4-7,9-10H2,1H3,(H,28,33)(H,29,34)/t13-,16?/m0/s1. The highest BCUT2D eigenvalue weighted by molar-refractivity contribution is 9.39. The number of piperazine rings is 1. The summed E-state index contributed by atoms with van der Waals surface area (Å²) in [5.74, 6) is -1.51. The van der Waals surface area contributed by atoms with E-state index in [2.05, 4.69) is 58.4 Å². The molecular formula is C20H22Br3Cl3FN5O4. The Hall–Kier alpha value is -0.570. The molecule has 0 aromatic heterocycles. The SMILES string of the molecule is CC(=O)NC[C@H]1CN(c2ccc(N3CCN(C(NC(=O)C(Cl)(Cl)Cl)C(Br)(Br)Br)CC3)c(F)c2)C(=O)O1. The minimum Gasteiger partial charge on any atom is -0.442 e. The van der Waals surface area contributed by atoms with E-state index in [0.717, 1.165) is 0 Å². The first-order valence-electron chi connectivity index (χ1n) is 10.6. The normalized spacial score (nSPS) is 20.2. The van der Waals surface area contributed by atoms with Gasteiger partial charge in [0.25, 0.3) is 9.70 Å². The van der Waals surface area contributed by atoms with Crippen LogP contribution in [0, 0.1) is 5.82 Å². The Morgan fingerprint density at radius 1 is 1.19 bits per heavy atom. The average molecular weight is 761 g/mol. The van der Waals surface area contributed by atoms with Crippen LogP contribution in [0.5, 0.6) is 0 Å². The Balaban J connectivity index is 1.64. The maximum atomic E-state index is 15.1. The highest BCUT2D eigenvalue weighted by Gasteiger charge is 2.42. The molecule has 3 rings (SSSR count). The zero-order valence-corrected chi connectivity index (χ0v) is 25.8. The Bertz CT molecular complexity index is 1010. The molecule has 9 nitrogen and oxygen atoms in total. The van der Waals surface area contributed by atoms with Crippen LogP contribution in [0.4, 0.5) is 20.6 Å². The molecule has 2 heterocycles. The number of nitrogens with zero attached hydrogens (tertiary/aromatic N) is 3. The number of ether oxygens (including phenoxy) is 1. The Morgan fingerprint density at radius 2 is 1.83 bits per heavy atom. The van der Waals surface area contributed by atoms with Gasteiger partial charge in [-0.25, -0.2) is 9.18 Å². The molecule has 2 aliphatic heterocycles. The lowest BCUT2D eigenvalue weighted by atomic mass is 10.2. The third kappa shape index (κ3) is 7.73. The van der Waals surface area contributed by atoms with Gasteiger partial charge in [0, 0.05) is 33.1 Å². The third-order valence-electron chi connectivity index (χ3n) is 5.55. The maximum Gasteiger partial charge on any atom is 0.414 e. The van der Waals surface area contributed by atoms with Crippen molar-refractivity contribution in [3.63, 3.8) is 0 Å². The molecule has 2 fully saturated rings. The lowest BCUT2D eigenvalue weighted by molar-refractivity contribution is -0.122. The molecular weight excluding hydrogens is 739 g/mol. The fraction of sp³-hybridized carbons (Fsp3) is 0.550. The van der Waals surface area contributed by atoms with E-state index in [9.17, 15) is 14.4 Å². The Kier molecular flexibility index (Phi) is 10.1. The minimum absolute atomic E-state index is 0.185. The predicted octanol–water partition coefficient (Wildman–Crippen LogP) is 4.06. The molecule has 0 bridgehead atoms. The number of alkyl halides is 6. The summed E-state index contributed by atoms with van der Waals surface area (Å²) in [5, 5.41) is 5.28. The van der Waals surface area contributed by atoms with E-state index >= 15 is 4.39 Å². The van der Waals surface area contributed by atoms with E-state index in [0.29, 0.717) is 37.6 Å². The minimum atomic E-state index is -2.13. The smallest absolute Gasteiger partial charge is 0.414 e. The van der Waals surface area contributed by atoms with Crippen LogP contribution in [0.15, 0.2) is 18.2 Å². The molecule has 1 unspecified atom stereocenters. The monoisotopic (exact) mass is 757 g/mol. The van der Waals surface area contributed by atoms with Crippen molar-refractivity contribution >= 4 is 112 Å². The third-order valence-corrected chi connectivity index (χ3v) is 7.37. The number of cyclic esters (lactones) is 1. The Morgan fingerprint density at radius 3 is 2.36 bits per heavy atom. The van der Waals surface area contributed by atoms with Crippen LogP contribution >= 0.6 is 82.6 Å². The number of carbonyl (C=O) groups excluding carboxylic acids is 3. The number of benzene rings is 1. The van der Waals surface area contributed by atoms with Crippen molar-refractivity contribution in [2.75, 3.05) is 49.1 Å². The number of halogens is 7. The molecule has 3 amide bonds. The number of anilines is 2. The average Bonchev–Trinajstić information content (AvgIpc) is 3.15. The molecule has 1 aromatic rings. The van der Waals surface area contributed by atoms with Crippen LogP contribution in [0.25, 0.3) is 0 Å². The van der Waals surface area contributed by atoms with Crippen molar-refractivity contribution in [3.05, 3.63) is 24.0 Å². The molecule has 2 aliphatic rings. The van der Waals surface area contributed by atoms with E-state index < -0.39 is 36.0 Å². The zero-order chi connectivity index (χ0) is 26.8. The lowest BCUT2D eigenvalue weighted by Crippen LogP contribution is -2.61. The number of rotatable bonds is 6. The molecule has 0 spiro atoms. The zero-order valence-electron chi connectivity index (χ0n) is 18.7. The molecule has 2 N–H and O–H groups in total. The van der Waals surface area contributed by atoms with Crippen LogP contribution in [-0.2, 0) is 14.3 Å². The second-order valence-corrected chi connectivity index (χ2v) is 17.4. The quantitative estimate of drug-likeness (QED) is 0.426. The van der Waals surface area contributed by atoms with Crippen molar-refractivity contribution in [2.24, 2.45) is 0 Å². The summed E-state index contributed by atoms with van der Waals surface area (Å²) in [4.78, 5) is 40.7. The van der Waals surface area contributed by atoms with E-state index in [1.807, 2.05) is 9.80 Å². The molecule has 2 saturated heterocycles. The topological polar surface area (TPSA) is 94.2 Å². The van der Waals surface area contributed by atoms with Gasteiger partial charge in [-0.05, 0) is 18.2 Å². The van der Waals surface area contributed by atoms with E-state index in [1.54, 1.807) is 12.1 Å². The van der Waals surface area contributed by atoms with Gasteiger partial charge in [0.15, 0.2) is 2.14 Å². The van der Waals surface area contributed by atoms with E-state index in [1.165, 1.54) is 17.9 Å². The van der Waals surface area contributed by atoms with Crippen LogP contribution in [0.1, 0.15) is 6.92 Å². The molecule has 0 aliphatic carbocycles. The predicted molar refractivity (Wildman–Crippen MR) is 148 cm³/mol. The summed E-state index contributed by atoms with van der Waals surface area (Å²) in [6, 6.07) is 4.55. The summed E-state index contributed by atoms with van der Waals surface area (Å²) in [5.41, 5.74) is 0.743. The summed E-state index contributed by atoms with van der Waals surface area (Å²) >= 11 is 27.4. The van der Waals surface area contributed by atoms with Gasteiger partial charge in [0.05, 0.1) is 24.5 Å². The second-order valence-electron chi connectivity index (χ2n) is 8.13. The fourth-order valence-corrected chi connectivity index (χ4v) is 5.20. The van der Waals surface area contributed by atoms with Crippen LogP contribution in [0.3, 0.4) is 0 Å². The Labute approximate surface area is 247 Å². The van der Waals surface area contributed by atoms with Crippen LogP contribution in [0.2, 0.25) is 0 Å². The summed E-state index contributed by atoms with van der Waals surface area (Å²) in [6.45, 7) is 3.57. The first-order valence-corrected chi connectivity index (χ1v) is 14.1. The van der Waals surface area contributed by atoms with Crippen molar-refractivity contribution < 1.29 is 23.5 Å². The van der Waals surface area contributed by atoms with Gasteiger partial charge in [-0.1, -0.05) is 82.6 Å². The molecule has 0 saturated carbocycles. The number of hydrogen-bond acceptors (Lipinski definition) is 6. The number of hydrogen-bond donors (Lipinski definition) is 2. The van der Waals surface area contributed by atoms with Gasteiger partial charge in [-0.15, -0.1) is 0 Å². The van der Waals surface area contributed by atoms with Crippen molar-refractivity contribution in [3.8, 4) is 0 Å². The summed E-state index contributed by atoms with van der Waals surface area (Å²) in [6.07, 6.45) is -1.75. The number of carbonyl (C=O) groups is 3. The van der Waals surface area contributed by atoms with Gasteiger partial charge >= 0.3 is 6.09 Å². The van der Waals surface area contributed by atoms with Gasteiger partial charge < -0.3 is 20.3 Å². The summed E-state index contributed by atoms with van der Waals surface area (Å²) < 4.78 is 17.3. The first-order chi connectivity index (χ1) is 16.7. The molecule has 2 atom stereocenters. The van der Waals surface area contributed by atoms with Crippen molar-refractivity contribution in [1.29, 1.82) is 0 Å². The fourth-order valence-electron chi connectivity index (χ4n) is 3.82. The van der Waals surface area contributed by atoms with Gasteiger partial charge in [0.2, 0.25) is 5.91 Å². The second kappa shape index (κ2) is 12.1.